The molecule has 0 spiro atoms. The fourth-order valence-corrected chi connectivity index (χ4v) is 4.98. The summed E-state index contributed by atoms with van der Waals surface area (Å²) in [6, 6.07) is 18.8. The van der Waals surface area contributed by atoms with Crippen molar-refractivity contribution in [3.05, 3.63) is 71.8 Å². The number of nitrogens with two attached hydrogens (primary N) is 1. The van der Waals surface area contributed by atoms with E-state index in [0.717, 1.165) is 44.0 Å². The number of oxime groups is 1. The van der Waals surface area contributed by atoms with Gasteiger partial charge in [0.2, 0.25) is 0 Å². The van der Waals surface area contributed by atoms with E-state index in [1.807, 2.05) is 36.4 Å². The van der Waals surface area contributed by atoms with Gasteiger partial charge in [0, 0.05) is 12.8 Å². The van der Waals surface area contributed by atoms with Gasteiger partial charge in [0.1, 0.15) is 45.3 Å². The Morgan fingerprint density at radius 3 is 1.70 bits per heavy atom. The number of alkyl halides is 4. The molecule has 1 saturated heterocycles. The van der Waals surface area contributed by atoms with Crippen LogP contribution in [-0.2, 0) is 36.8 Å². The standard InChI is InChI=1S/C15H22F2NO5P.C8H15F2O5P.C7H9NO.ClH/c1-24(2,22)15(16,17)8-12(19)14(21)13(20)9-18-23-10-11-6-4-3-5-7-11;1-16(2,14)8(9,10)3-4-5(11)6(12)7(13)15-4;8-9-6-7-4-2-1-3-5-7;/h3-7,9,12-14,19-21H,8,10H2,1-2H3;4-7,11-13H,3H2,1-2H3;1-5H,6,8H2;1H/b18-9-;;;/t12-,13+,14-;4-,5-,6-,7?;;/m11../s1. The highest BCUT2D eigenvalue weighted by molar-refractivity contribution is 7.63. The van der Waals surface area contributed by atoms with Gasteiger partial charge in [-0.3, -0.25) is 4.84 Å². The van der Waals surface area contributed by atoms with Crippen LogP contribution in [0, 0.1) is 0 Å². The molecule has 0 saturated carbocycles. The summed E-state index contributed by atoms with van der Waals surface area (Å²) in [7, 11) is -7.47. The highest BCUT2D eigenvalue weighted by atomic mass is 35.5. The first-order valence-corrected chi connectivity index (χ1v) is 19.9. The Kier molecular flexibility index (Phi) is 20.7. The van der Waals surface area contributed by atoms with E-state index in [4.69, 9.17) is 20.9 Å². The van der Waals surface area contributed by atoms with Gasteiger partial charge in [-0.05, 0) is 37.8 Å². The lowest BCUT2D eigenvalue weighted by Crippen LogP contribution is -2.41. The van der Waals surface area contributed by atoms with E-state index in [1.54, 1.807) is 24.3 Å². The van der Waals surface area contributed by atoms with Crippen molar-refractivity contribution in [2.75, 3.05) is 26.7 Å². The molecule has 0 aliphatic carbocycles. The number of hydrogen-bond acceptors (Lipinski definition) is 13. The van der Waals surface area contributed by atoms with Gasteiger partial charge in [0.25, 0.3) is 11.3 Å². The molecule has 2 aromatic rings. The minimum absolute atomic E-state index is 0. The van der Waals surface area contributed by atoms with E-state index >= 15 is 0 Å². The maximum absolute atomic E-state index is 13.6. The van der Waals surface area contributed by atoms with Crippen molar-refractivity contribution in [3.8, 4) is 0 Å². The molecule has 0 amide bonds. The topological polar surface area (TPSA) is 222 Å². The quantitative estimate of drug-likeness (QED) is 0.0634. The molecule has 1 aliphatic rings. The van der Waals surface area contributed by atoms with Crippen molar-refractivity contribution in [2.45, 2.75) is 80.3 Å². The highest BCUT2D eigenvalue weighted by Crippen LogP contribution is 2.57. The van der Waals surface area contributed by atoms with Crippen LogP contribution in [0.25, 0.3) is 0 Å². The summed E-state index contributed by atoms with van der Waals surface area (Å²) in [5.41, 5.74) is -5.22. The lowest BCUT2D eigenvalue weighted by Gasteiger charge is -2.27. The van der Waals surface area contributed by atoms with Crippen LogP contribution < -0.4 is 5.90 Å². The second kappa shape index (κ2) is 21.5. The average molecular weight is 785 g/mol. The molecule has 1 heterocycles. The molecule has 8 N–H and O–H groups in total. The van der Waals surface area contributed by atoms with Crippen LogP contribution in [0.3, 0.4) is 0 Å². The third-order valence-electron chi connectivity index (χ3n) is 7.01. The van der Waals surface area contributed by atoms with Crippen LogP contribution in [0.1, 0.15) is 24.0 Å². The summed E-state index contributed by atoms with van der Waals surface area (Å²) in [5.74, 6) is 4.86. The number of benzene rings is 2. The van der Waals surface area contributed by atoms with Crippen LogP contribution in [0.5, 0.6) is 0 Å². The normalized spacial score (nSPS) is 21.5. The largest absolute Gasteiger partial charge is 0.391 e. The van der Waals surface area contributed by atoms with Crippen molar-refractivity contribution in [1.82, 2.24) is 0 Å². The van der Waals surface area contributed by atoms with Crippen molar-refractivity contribution in [1.29, 1.82) is 0 Å². The molecule has 50 heavy (non-hydrogen) atoms. The van der Waals surface area contributed by atoms with Gasteiger partial charge in [0.15, 0.2) is 6.29 Å². The Balaban J connectivity index is 0.000000790. The maximum Gasteiger partial charge on any atom is 0.300 e. The molecule has 13 nitrogen and oxygen atoms in total. The summed E-state index contributed by atoms with van der Waals surface area (Å²) in [4.78, 5) is 9.33. The van der Waals surface area contributed by atoms with E-state index in [9.17, 15) is 47.1 Å². The van der Waals surface area contributed by atoms with E-state index < -0.39 is 81.4 Å². The number of ether oxygens (including phenoxy) is 1. The van der Waals surface area contributed by atoms with E-state index in [1.165, 1.54) is 0 Å². The molecule has 20 heteroatoms. The summed E-state index contributed by atoms with van der Waals surface area (Å²) in [6.45, 7) is 4.25. The second-order valence-corrected chi connectivity index (χ2v) is 18.6. The Bertz CT molecular complexity index is 1360. The van der Waals surface area contributed by atoms with Crippen molar-refractivity contribution >= 4 is 32.9 Å². The SMILES string of the molecule is CP(C)(=O)C(F)(F)C[C@@H](O)[C@@H](O)[C@@H](O)/C=N\OCc1ccccc1.CP(C)(=O)C(F)(F)C[C@H]1OC(O)[C@H](O)[C@@H]1O.Cl.NOCc1ccccc1. The van der Waals surface area contributed by atoms with E-state index in [0.29, 0.717) is 6.61 Å². The zero-order chi connectivity index (χ0) is 37.6. The summed E-state index contributed by atoms with van der Waals surface area (Å²) >= 11 is 0. The molecular formula is C30H47ClF4N2O11P2. The van der Waals surface area contributed by atoms with E-state index in [2.05, 4.69) is 14.7 Å². The number of aliphatic hydroxyl groups is 6. The van der Waals surface area contributed by atoms with E-state index in [-0.39, 0.29) is 19.0 Å². The molecule has 3 rings (SSSR count). The van der Waals surface area contributed by atoms with Gasteiger partial charge in [-0.25, -0.2) is 5.90 Å². The fourth-order valence-electron chi connectivity index (χ4n) is 3.73. The predicted octanol–water partition coefficient (Wildman–Crippen LogP) is 3.41. The fraction of sp³-hybridized carbons (Fsp3) is 0.567. The van der Waals surface area contributed by atoms with Gasteiger partial charge in [0.05, 0.1) is 25.0 Å². The molecule has 2 aromatic carbocycles. The van der Waals surface area contributed by atoms with Crippen LogP contribution in [0.15, 0.2) is 65.8 Å². The number of hydrogen-bond donors (Lipinski definition) is 7. The Labute approximate surface area is 294 Å². The summed E-state index contributed by atoms with van der Waals surface area (Å²) < 4.78 is 81.3. The minimum Gasteiger partial charge on any atom is -0.391 e. The molecule has 1 fully saturated rings. The summed E-state index contributed by atoms with van der Waals surface area (Å²) in [5, 5.41) is 59.7. The zero-order valence-corrected chi connectivity index (χ0v) is 30.4. The Morgan fingerprint density at radius 1 is 0.840 bits per heavy atom. The third-order valence-corrected chi connectivity index (χ3v) is 10.5. The first kappa shape index (κ1) is 48.0. The van der Waals surface area contributed by atoms with Crippen LogP contribution >= 0.6 is 26.7 Å². The summed E-state index contributed by atoms with van der Waals surface area (Å²) in [6.07, 6.45) is -13.3. The maximum atomic E-state index is 13.6. The third kappa shape index (κ3) is 16.1. The first-order valence-electron chi connectivity index (χ1n) is 14.7. The predicted molar refractivity (Wildman–Crippen MR) is 181 cm³/mol. The molecular weight excluding hydrogens is 738 g/mol. The monoisotopic (exact) mass is 784 g/mol. The van der Waals surface area contributed by atoms with Crippen LogP contribution in [0.2, 0.25) is 0 Å². The average Bonchev–Trinajstić information content (AvgIpc) is 3.25. The Morgan fingerprint density at radius 2 is 1.30 bits per heavy atom. The van der Waals surface area contributed by atoms with Gasteiger partial charge in [-0.1, -0.05) is 65.8 Å². The minimum atomic E-state index is -3.80. The number of rotatable bonds is 14. The van der Waals surface area contributed by atoms with Crippen molar-refractivity contribution in [2.24, 2.45) is 11.1 Å². The van der Waals surface area contributed by atoms with Gasteiger partial charge in [-0.2, -0.15) is 17.6 Å². The zero-order valence-electron chi connectivity index (χ0n) is 27.8. The van der Waals surface area contributed by atoms with Gasteiger partial charge < -0.3 is 49.3 Å². The number of nitrogens with zero attached hydrogens (tertiary/aromatic N) is 1. The smallest absolute Gasteiger partial charge is 0.300 e. The molecule has 288 valence electrons. The molecule has 0 bridgehead atoms. The second-order valence-electron chi connectivity index (χ2n) is 11.8. The van der Waals surface area contributed by atoms with Crippen molar-refractivity contribution < 1.29 is 71.7 Å². The molecule has 0 aromatic heterocycles. The highest BCUT2D eigenvalue weighted by Gasteiger charge is 2.51. The van der Waals surface area contributed by atoms with Crippen LogP contribution in [-0.4, -0.2) is 118 Å². The van der Waals surface area contributed by atoms with Crippen molar-refractivity contribution in [3.63, 3.8) is 0 Å². The lowest BCUT2D eigenvalue weighted by atomic mass is 10.1. The molecule has 7 atom stereocenters. The van der Waals surface area contributed by atoms with Gasteiger partial charge >= 0.3 is 0 Å². The number of halogens is 5. The molecule has 1 unspecified atom stereocenters. The molecule has 1 aliphatic heterocycles. The van der Waals surface area contributed by atoms with Gasteiger partial charge in [-0.15, -0.1) is 12.4 Å². The number of aliphatic hydroxyl groups excluding tert-OH is 6. The van der Waals surface area contributed by atoms with Crippen LogP contribution in [0.4, 0.5) is 17.6 Å². The Hall–Kier alpha value is -1.98. The first-order chi connectivity index (χ1) is 22.5. The lowest BCUT2D eigenvalue weighted by molar-refractivity contribution is -0.135. The molecule has 0 radical (unpaired) electrons.